The molecule has 0 spiro atoms. The van der Waals surface area contributed by atoms with Crippen LogP contribution in [0, 0.1) is 10.6 Å². The van der Waals surface area contributed by atoms with Gasteiger partial charge in [-0.15, -0.1) is 0 Å². The number of hydrogen-bond donors (Lipinski definition) is 0. The fraction of sp³-hybridized carbons (Fsp3) is 0.333. The summed E-state index contributed by atoms with van der Waals surface area (Å²) in [6, 6.07) is 6.02. The van der Waals surface area contributed by atoms with Crippen LogP contribution in [0.4, 0.5) is 0 Å². The molecule has 3 heterocycles. The summed E-state index contributed by atoms with van der Waals surface area (Å²) in [5, 5.41) is 0. The highest BCUT2D eigenvalue weighted by Gasteiger charge is 2.19. The Bertz CT molecular complexity index is 565. The molecule has 0 aliphatic carbocycles. The normalized spacial score (nSPS) is 14.7. The zero-order valence-corrected chi connectivity index (χ0v) is 11.6. The second-order valence-electron chi connectivity index (χ2n) is 4.04. The van der Waals surface area contributed by atoms with Crippen molar-refractivity contribution in [2.24, 2.45) is 0 Å². The third kappa shape index (κ3) is 1.97. The summed E-state index contributed by atoms with van der Waals surface area (Å²) in [6.45, 7) is 4.24. The minimum atomic E-state index is 0.599. The van der Waals surface area contributed by atoms with Crippen molar-refractivity contribution in [2.45, 2.75) is 20.1 Å². The molecule has 0 saturated heterocycles. The zero-order valence-electron chi connectivity index (χ0n) is 9.48. The lowest BCUT2D eigenvalue weighted by molar-refractivity contribution is 0.0808. The fourth-order valence-corrected chi connectivity index (χ4v) is 2.89. The molecule has 5 heteroatoms. The molecule has 0 unspecified atom stereocenters. The number of hydrogen-bond acceptors (Lipinski definition) is 3. The Morgan fingerprint density at radius 2 is 2.24 bits per heavy atom. The lowest BCUT2D eigenvalue weighted by Gasteiger charge is -2.14. The zero-order chi connectivity index (χ0) is 11.8. The molecule has 0 amide bonds. The maximum Gasteiger partial charge on any atom is 0.136 e. The van der Waals surface area contributed by atoms with Gasteiger partial charge in [0.25, 0.3) is 0 Å². The van der Waals surface area contributed by atoms with Crippen LogP contribution in [-0.2, 0) is 17.9 Å². The average molecular weight is 341 g/mol. The molecule has 1 aliphatic rings. The van der Waals surface area contributed by atoms with Gasteiger partial charge in [-0.3, -0.25) is 4.98 Å². The molecule has 0 N–H and O–H groups in total. The number of ether oxygens (including phenoxy) is 1. The predicted molar refractivity (Wildman–Crippen MR) is 72.6 cm³/mol. The molecule has 88 valence electrons. The molecule has 0 radical (unpaired) electrons. The van der Waals surface area contributed by atoms with E-state index in [2.05, 4.69) is 37.1 Å². The number of rotatable bonds is 1. The van der Waals surface area contributed by atoms with Crippen LogP contribution in [-0.4, -0.2) is 21.1 Å². The predicted octanol–water partition coefficient (Wildman–Crippen LogP) is 2.39. The third-order valence-corrected chi connectivity index (χ3v) is 3.90. The molecule has 0 aromatic carbocycles. The van der Waals surface area contributed by atoms with Crippen LogP contribution in [0.15, 0.2) is 18.2 Å². The number of aryl methyl sites for hydroxylation is 1. The molecule has 2 aromatic rings. The Kier molecular flexibility index (Phi) is 2.87. The molecule has 0 bridgehead atoms. The first-order valence-corrected chi connectivity index (χ1v) is 6.60. The average Bonchev–Trinajstić information content (AvgIpc) is 2.68. The van der Waals surface area contributed by atoms with Crippen LogP contribution in [0.1, 0.15) is 11.5 Å². The van der Waals surface area contributed by atoms with Gasteiger partial charge in [0, 0.05) is 12.2 Å². The minimum absolute atomic E-state index is 0.599. The van der Waals surface area contributed by atoms with E-state index in [0.29, 0.717) is 6.61 Å². The monoisotopic (exact) mass is 341 g/mol. The first-order chi connectivity index (χ1) is 8.25. The van der Waals surface area contributed by atoms with Gasteiger partial charge in [-0.05, 0) is 41.6 Å². The highest BCUT2D eigenvalue weighted by atomic mass is 127. The van der Waals surface area contributed by atoms with Crippen molar-refractivity contribution in [2.75, 3.05) is 6.61 Å². The number of pyridine rings is 1. The van der Waals surface area contributed by atoms with E-state index in [1.807, 2.05) is 25.1 Å². The minimum Gasteiger partial charge on any atom is -0.372 e. The highest BCUT2D eigenvalue weighted by molar-refractivity contribution is 14.1. The van der Waals surface area contributed by atoms with Crippen LogP contribution in [0.3, 0.4) is 0 Å². The van der Waals surface area contributed by atoms with E-state index in [9.17, 15) is 0 Å². The first-order valence-electron chi connectivity index (χ1n) is 5.52. The quantitative estimate of drug-likeness (QED) is 0.748. The second kappa shape index (κ2) is 4.38. The van der Waals surface area contributed by atoms with Crippen molar-refractivity contribution in [3.05, 3.63) is 33.4 Å². The van der Waals surface area contributed by atoms with Gasteiger partial charge >= 0.3 is 0 Å². The van der Waals surface area contributed by atoms with E-state index >= 15 is 0 Å². The smallest absolute Gasteiger partial charge is 0.136 e. The van der Waals surface area contributed by atoms with Crippen molar-refractivity contribution >= 4 is 22.6 Å². The Morgan fingerprint density at radius 1 is 1.35 bits per heavy atom. The molecule has 0 fully saturated rings. The number of halogens is 1. The fourth-order valence-electron chi connectivity index (χ4n) is 1.97. The summed E-state index contributed by atoms with van der Waals surface area (Å²) < 4.78 is 8.78. The van der Waals surface area contributed by atoms with Crippen molar-refractivity contribution in [3.63, 3.8) is 0 Å². The lowest BCUT2D eigenvalue weighted by Crippen LogP contribution is -2.17. The molecule has 0 atom stereocenters. The summed E-state index contributed by atoms with van der Waals surface area (Å²) in [7, 11) is 0. The molecule has 2 aromatic heterocycles. The van der Waals surface area contributed by atoms with E-state index < -0.39 is 0 Å². The summed E-state index contributed by atoms with van der Waals surface area (Å²) in [4.78, 5) is 9.16. The summed E-state index contributed by atoms with van der Waals surface area (Å²) in [5.41, 5.74) is 2.92. The maximum atomic E-state index is 5.42. The van der Waals surface area contributed by atoms with E-state index in [1.54, 1.807) is 0 Å². The number of aromatic nitrogens is 3. The molecule has 4 nitrogen and oxygen atoms in total. The van der Waals surface area contributed by atoms with Crippen LogP contribution < -0.4 is 0 Å². The number of nitrogens with zero attached hydrogens (tertiary/aromatic N) is 3. The van der Waals surface area contributed by atoms with Crippen molar-refractivity contribution in [1.29, 1.82) is 0 Å². The van der Waals surface area contributed by atoms with Gasteiger partial charge in [0.15, 0.2) is 0 Å². The van der Waals surface area contributed by atoms with Gasteiger partial charge in [0.05, 0.1) is 12.3 Å². The van der Waals surface area contributed by atoms with Gasteiger partial charge in [-0.25, -0.2) is 4.98 Å². The molecule has 3 rings (SSSR count). The van der Waals surface area contributed by atoms with E-state index in [1.165, 1.54) is 0 Å². The Labute approximate surface area is 113 Å². The standard InChI is InChI=1S/C12H12IN3O/c1-8-3-2-4-9(14-8)11-12(13)16-5-6-17-7-10(16)15-11/h2-4H,5-7H2,1H3. The van der Waals surface area contributed by atoms with Crippen LogP contribution in [0.5, 0.6) is 0 Å². The van der Waals surface area contributed by atoms with Gasteiger partial charge in [-0.1, -0.05) is 6.07 Å². The number of fused-ring (bicyclic) bond motifs is 1. The summed E-state index contributed by atoms with van der Waals surface area (Å²) in [6.07, 6.45) is 0. The van der Waals surface area contributed by atoms with Crippen molar-refractivity contribution in [3.8, 4) is 11.4 Å². The van der Waals surface area contributed by atoms with Gasteiger partial charge in [-0.2, -0.15) is 0 Å². The third-order valence-electron chi connectivity index (χ3n) is 2.81. The van der Waals surface area contributed by atoms with Gasteiger partial charge in [0.1, 0.15) is 21.8 Å². The largest absolute Gasteiger partial charge is 0.372 e. The Morgan fingerprint density at radius 3 is 3.00 bits per heavy atom. The van der Waals surface area contributed by atoms with E-state index in [-0.39, 0.29) is 0 Å². The molecule has 1 aliphatic heterocycles. The Balaban J connectivity index is 2.12. The highest BCUT2D eigenvalue weighted by Crippen LogP contribution is 2.26. The van der Waals surface area contributed by atoms with Crippen LogP contribution in [0.2, 0.25) is 0 Å². The van der Waals surface area contributed by atoms with Crippen molar-refractivity contribution < 1.29 is 4.74 Å². The topological polar surface area (TPSA) is 39.9 Å². The van der Waals surface area contributed by atoms with Gasteiger partial charge in [0.2, 0.25) is 0 Å². The second-order valence-corrected chi connectivity index (χ2v) is 5.06. The van der Waals surface area contributed by atoms with Crippen LogP contribution >= 0.6 is 22.6 Å². The van der Waals surface area contributed by atoms with Crippen LogP contribution in [0.25, 0.3) is 11.4 Å². The Hall–Kier alpha value is -0.950. The number of imidazole rings is 1. The maximum absolute atomic E-state index is 5.42. The first kappa shape index (κ1) is 11.2. The molecular weight excluding hydrogens is 329 g/mol. The molecule has 0 saturated carbocycles. The SMILES string of the molecule is Cc1cccc(-c2nc3n(c2I)CCOC3)n1. The van der Waals surface area contributed by atoms with Gasteiger partial charge < -0.3 is 9.30 Å². The summed E-state index contributed by atoms with van der Waals surface area (Å²) in [5.74, 6) is 0.999. The summed E-state index contributed by atoms with van der Waals surface area (Å²) >= 11 is 2.34. The molecule has 17 heavy (non-hydrogen) atoms. The lowest BCUT2D eigenvalue weighted by atomic mass is 10.2. The molecular formula is C12H12IN3O. The van der Waals surface area contributed by atoms with E-state index in [0.717, 1.165) is 39.8 Å². The van der Waals surface area contributed by atoms with E-state index in [4.69, 9.17) is 4.74 Å². The van der Waals surface area contributed by atoms with Crippen molar-refractivity contribution in [1.82, 2.24) is 14.5 Å².